The summed E-state index contributed by atoms with van der Waals surface area (Å²) in [5.41, 5.74) is -0.109. The van der Waals surface area contributed by atoms with Crippen LogP contribution in [0.5, 0.6) is 0 Å². The number of carbonyl (C=O) groups is 1. The third-order valence-corrected chi connectivity index (χ3v) is 3.98. The summed E-state index contributed by atoms with van der Waals surface area (Å²) in [5, 5.41) is 9.00. The fourth-order valence-electron chi connectivity index (χ4n) is 2.57. The first-order valence-electron chi connectivity index (χ1n) is 8.15. The topological polar surface area (TPSA) is 74.8 Å². The van der Waals surface area contributed by atoms with Gasteiger partial charge in [-0.05, 0) is 31.9 Å². The highest BCUT2D eigenvalue weighted by Gasteiger charge is 2.29. The summed E-state index contributed by atoms with van der Waals surface area (Å²) >= 11 is 0. The van der Waals surface area contributed by atoms with Crippen LogP contribution in [-0.4, -0.2) is 50.8 Å². The maximum absolute atomic E-state index is 13.5. The Bertz CT molecular complexity index is 592. The number of guanidine groups is 1. The van der Waals surface area contributed by atoms with Crippen LogP contribution in [0.2, 0.25) is 0 Å². The zero-order chi connectivity index (χ0) is 17.4. The first kappa shape index (κ1) is 21.6. The highest BCUT2D eigenvalue weighted by molar-refractivity contribution is 14.0. The van der Waals surface area contributed by atoms with E-state index in [0.717, 1.165) is 19.4 Å². The zero-order valence-electron chi connectivity index (χ0n) is 14.6. The van der Waals surface area contributed by atoms with Crippen LogP contribution >= 0.6 is 24.0 Å². The number of halogens is 2. The highest BCUT2D eigenvalue weighted by atomic mass is 127. The van der Waals surface area contributed by atoms with Crippen molar-refractivity contribution in [2.45, 2.75) is 25.4 Å². The Morgan fingerprint density at radius 2 is 2.00 bits per heavy atom. The molecule has 3 N–H and O–H groups in total. The Kier molecular flexibility index (Phi) is 9.12. The van der Waals surface area contributed by atoms with Gasteiger partial charge in [0, 0.05) is 33.3 Å². The molecule has 1 atom stereocenters. The Hall–Kier alpha value is -1.42. The number of carbonyl (C=O) groups excluding carboxylic acids is 1. The zero-order valence-corrected chi connectivity index (χ0v) is 16.9. The monoisotopic (exact) mass is 464 g/mol. The van der Waals surface area contributed by atoms with Crippen LogP contribution in [0.15, 0.2) is 29.3 Å². The lowest BCUT2D eigenvalue weighted by Gasteiger charge is -2.24. The number of aliphatic imine (C=N–C) groups is 1. The molecule has 1 aromatic carbocycles. The van der Waals surface area contributed by atoms with E-state index in [1.54, 1.807) is 19.2 Å². The summed E-state index contributed by atoms with van der Waals surface area (Å²) in [7, 11) is 1.69. The van der Waals surface area contributed by atoms with Crippen molar-refractivity contribution in [1.29, 1.82) is 0 Å². The molecule has 1 unspecified atom stereocenters. The molecule has 8 heteroatoms. The summed E-state index contributed by atoms with van der Waals surface area (Å²) in [6, 6.07) is 5.91. The van der Waals surface area contributed by atoms with Gasteiger partial charge < -0.3 is 20.7 Å². The van der Waals surface area contributed by atoms with E-state index in [0.29, 0.717) is 25.6 Å². The predicted octanol–water partition coefficient (Wildman–Crippen LogP) is 1.91. The van der Waals surface area contributed by atoms with Crippen molar-refractivity contribution in [3.8, 4) is 0 Å². The van der Waals surface area contributed by atoms with Crippen LogP contribution in [0.4, 0.5) is 4.39 Å². The third kappa shape index (κ3) is 6.77. The fourth-order valence-corrected chi connectivity index (χ4v) is 2.57. The SMILES string of the molecule is CN=C(NCCNC(=O)c1ccccc1F)NCC1(C)CCCO1.I. The maximum atomic E-state index is 13.5. The average Bonchev–Trinajstić information content (AvgIpc) is 3.01. The van der Waals surface area contributed by atoms with Gasteiger partial charge in [0.25, 0.3) is 5.91 Å². The number of benzene rings is 1. The number of ether oxygens (including phenoxy) is 1. The van der Waals surface area contributed by atoms with Crippen molar-refractivity contribution in [2.75, 3.05) is 33.3 Å². The van der Waals surface area contributed by atoms with E-state index in [-0.39, 0.29) is 35.1 Å². The molecule has 2 rings (SSSR count). The number of amides is 1. The van der Waals surface area contributed by atoms with Crippen molar-refractivity contribution in [2.24, 2.45) is 4.99 Å². The quantitative estimate of drug-likeness (QED) is 0.260. The molecule has 1 aromatic rings. The summed E-state index contributed by atoms with van der Waals surface area (Å²) in [5.74, 6) is -0.304. The van der Waals surface area contributed by atoms with Crippen molar-refractivity contribution in [3.63, 3.8) is 0 Å². The van der Waals surface area contributed by atoms with E-state index < -0.39 is 11.7 Å². The number of hydrogen-bond acceptors (Lipinski definition) is 3. The normalized spacial score (nSPS) is 19.9. The van der Waals surface area contributed by atoms with Gasteiger partial charge in [0.15, 0.2) is 5.96 Å². The second kappa shape index (κ2) is 10.5. The molecular weight excluding hydrogens is 438 g/mol. The van der Waals surface area contributed by atoms with Crippen LogP contribution in [0.25, 0.3) is 0 Å². The molecule has 140 valence electrons. The Balaban J connectivity index is 0.00000312. The molecule has 6 nitrogen and oxygen atoms in total. The maximum Gasteiger partial charge on any atom is 0.254 e. The predicted molar refractivity (Wildman–Crippen MR) is 107 cm³/mol. The molecule has 1 fully saturated rings. The Morgan fingerprint density at radius 3 is 2.64 bits per heavy atom. The molecule has 0 saturated carbocycles. The molecule has 1 amide bonds. The Morgan fingerprint density at radius 1 is 1.28 bits per heavy atom. The second-order valence-electron chi connectivity index (χ2n) is 5.99. The number of nitrogens with zero attached hydrogens (tertiary/aromatic N) is 1. The molecular formula is C17H26FIN4O2. The van der Waals surface area contributed by atoms with Gasteiger partial charge in [-0.15, -0.1) is 24.0 Å². The molecule has 0 radical (unpaired) electrons. The van der Waals surface area contributed by atoms with Crippen molar-refractivity contribution in [1.82, 2.24) is 16.0 Å². The average molecular weight is 464 g/mol. The third-order valence-electron chi connectivity index (χ3n) is 3.98. The molecule has 0 spiro atoms. The lowest BCUT2D eigenvalue weighted by molar-refractivity contribution is 0.0243. The van der Waals surface area contributed by atoms with Gasteiger partial charge in [-0.3, -0.25) is 9.79 Å². The van der Waals surface area contributed by atoms with Crippen molar-refractivity contribution < 1.29 is 13.9 Å². The minimum absolute atomic E-state index is 0. The van der Waals surface area contributed by atoms with Crippen LogP contribution in [-0.2, 0) is 4.74 Å². The molecule has 0 bridgehead atoms. The fraction of sp³-hybridized carbons (Fsp3) is 0.529. The number of rotatable bonds is 6. The summed E-state index contributed by atoms with van der Waals surface area (Å²) in [4.78, 5) is 16.0. The van der Waals surface area contributed by atoms with E-state index in [2.05, 4.69) is 27.9 Å². The number of hydrogen-bond donors (Lipinski definition) is 3. The van der Waals surface area contributed by atoms with Gasteiger partial charge in [0.2, 0.25) is 0 Å². The van der Waals surface area contributed by atoms with Crippen LogP contribution in [0, 0.1) is 5.82 Å². The van der Waals surface area contributed by atoms with Gasteiger partial charge >= 0.3 is 0 Å². The lowest BCUT2D eigenvalue weighted by atomic mass is 10.0. The second-order valence-corrected chi connectivity index (χ2v) is 5.99. The number of nitrogens with one attached hydrogen (secondary N) is 3. The molecule has 1 heterocycles. The molecule has 1 aliphatic rings. The first-order valence-corrected chi connectivity index (χ1v) is 8.15. The van der Waals surface area contributed by atoms with E-state index in [1.165, 1.54) is 12.1 Å². The van der Waals surface area contributed by atoms with E-state index in [9.17, 15) is 9.18 Å². The van der Waals surface area contributed by atoms with Crippen molar-refractivity contribution in [3.05, 3.63) is 35.6 Å². The summed E-state index contributed by atoms with van der Waals surface area (Å²) < 4.78 is 19.2. The summed E-state index contributed by atoms with van der Waals surface area (Å²) in [6.07, 6.45) is 2.10. The standard InChI is InChI=1S/C17H25FN4O2.HI/c1-17(8-5-11-24-17)12-22-16(19-2)21-10-9-20-15(23)13-6-3-4-7-14(13)18;/h3-4,6-7H,5,8-12H2,1-2H3,(H,20,23)(H2,19,21,22);1H. The van der Waals surface area contributed by atoms with Crippen LogP contribution in [0.3, 0.4) is 0 Å². The minimum Gasteiger partial charge on any atom is -0.373 e. The molecule has 0 aromatic heterocycles. The highest BCUT2D eigenvalue weighted by Crippen LogP contribution is 2.23. The van der Waals surface area contributed by atoms with Gasteiger partial charge in [-0.1, -0.05) is 12.1 Å². The summed E-state index contributed by atoms with van der Waals surface area (Å²) in [6.45, 7) is 4.40. The Labute approximate surface area is 165 Å². The first-order chi connectivity index (χ1) is 11.5. The smallest absolute Gasteiger partial charge is 0.254 e. The van der Waals surface area contributed by atoms with E-state index in [4.69, 9.17) is 4.74 Å². The van der Waals surface area contributed by atoms with Gasteiger partial charge in [-0.2, -0.15) is 0 Å². The minimum atomic E-state index is -0.523. The van der Waals surface area contributed by atoms with Crippen LogP contribution in [0.1, 0.15) is 30.1 Å². The van der Waals surface area contributed by atoms with E-state index in [1.807, 2.05) is 0 Å². The molecule has 0 aliphatic carbocycles. The molecule has 1 saturated heterocycles. The molecule has 25 heavy (non-hydrogen) atoms. The van der Waals surface area contributed by atoms with E-state index >= 15 is 0 Å². The molecule has 1 aliphatic heterocycles. The van der Waals surface area contributed by atoms with Gasteiger partial charge in [0.05, 0.1) is 11.2 Å². The van der Waals surface area contributed by atoms with Gasteiger partial charge in [-0.25, -0.2) is 4.39 Å². The van der Waals surface area contributed by atoms with Crippen molar-refractivity contribution >= 4 is 35.8 Å². The lowest BCUT2D eigenvalue weighted by Crippen LogP contribution is -2.47. The van der Waals surface area contributed by atoms with Gasteiger partial charge in [0.1, 0.15) is 5.82 Å². The van der Waals surface area contributed by atoms with Crippen LogP contribution < -0.4 is 16.0 Å². The largest absolute Gasteiger partial charge is 0.373 e.